The second-order valence-electron chi connectivity index (χ2n) is 10.6. The van der Waals surface area contributed by atoms with Crippen molar-refractivity contribution < 1.29 is 37.9 Å². The van der Waals surface area contributed by atoms with Crippen LogP contribution in [-0.4, -0.2) is 63.4 Å². The van der Waals surface area contributed by atoms with Crippen LogP contribution in [-0.2, 0) is 19.7 Å². The summed E-state index contributed by atoms with van der Waals surface area (Å²) in [6.07, 6.45) is 2.25. The Hall–Kier alpha value is -1.13. The molecule has 0 aromatic heterocycles. The van der Waals surface area contributed by atoms with Gasteiger partial charge in [0, 0.05) is 11.8 Å². The molecule has 3 fully saturated rings. The van der Waals surface area contributed by atoms with E-state index in [0.717, 1.165) is 18.4 Å². The topological polar surface area (TPSA) is 149 Å². The van der Waals surface area contributed by atoms with E-state index in [2.05, 4.69) is 6.92 Å². The van der Waals surface area contributed by atoms with Gasteiger partial charge in [-0.05, 0) is 67.8 Å². The molecule has 174 valence electrons. The van der Waals surface area contributed by atoms with Gasteiger partial charge in [0.15, 0.2) is 11.6 Å². The van der Waals surface area contributed by atoms with Gasteiger partial charge in [-0.2, -0.15) is 8.42 Å². The van der Waals surface area contributed by atoms with Gasteiger partial charge in [0.25, 0.3) is 10.1 Å². The summed E-state index contributed by atoms with van der Waals surface area (Å²) in [7, 11) is -4.59. The van der Waals surface area contributed by atoms with E-state index in [4.69, 9.17) is 4.55 Å². The second-order valence-corrected chi connectivity index (χ2v) is 12.1. The first-order valence-electron chi connectivity index (χ1n) is 11.0. The van der Waals surface area contributed by atoms with Crippen molar-refractivity contribution in [3.63, 3.8) is 0 Å². The zero-order valence-corrected chi connectivity index (χ0v) is 18.8. The summed E-state index contributed by atoms with van der Waals surface area (Å²) in [5.41, 5.74) is -2.21. The fourth-order valence-electron chi connectivity index (χ4n) is 7.65. The molecule has 0 radical (unpaired) electrons. The molecule has 0 amide bonds. The standard InChI is InChI=1S/C22H32O8S/c1-20-7-5-13(23)9-12(20)3-4-14-15-6-8-22(27,19(26)17(25)11-31(28,29)30)21(15,2)10-16(24)18(14)20/h9,14-18,24-25,27H,3-8,10-11H2,1-2H3,(H,28,29,30)/t14-,15-,16-,17?,18+,20-,21-,22-/m0/s1. The minimum absolute atomic E-state index is 0.0460. The molecule has 9 heteroatoms. The van der Waals surface area contributed by atoms with Gasteiger partial charge < -0.3 is 15.3 Å². The molecule has 1 unspecified atom stereocenters. The zero-order chi connectivity index (χ0) is 23.0. The number of hydrogen-bond acceptors (Lipinski definition) is 7. The molecule has 0 saturated heterocycles. The number of Topliss-reactive ketones (excluding diaryl/α,β-unsaturated/α-hetero) is 1. The Morgan fingerprint density at radius 2 is 1.90 bits per heavy atom. The van der Waals surface area contributed by atoms with Gasteiger partial charge in [0.2, 0.25) is 0 Å². The maximum absolute atomic E-state index is 13.0. The van der Waals surface area contributed by atoms with Crippen molar-refractivity contribution in [2.24, 2.45) is 28.6 Å². The Bertz CT molecular complexity index is 941. The molecule has 0 aromatic carbocycles. The highest BCUT2D eigenvalue weighted by Crippen LogP contribution is 2.67. The minimum atomic E-state index is -4.59. The van der Waals surface area contributed by atoms with E-state index in [1.165, 1.54) is 0 Å². The smallest absolute Gasteiger partial charge is 0.267 e. The Balaban J connectivity index is 1.67. The van der Waals surface area contributed by atoms with E-state index in [-0.39, 0.29) is 41.8 Å². The van der Waals surface area contributed by atoms with Crippen LogP contribution in [0.1, 0.15) is 58.8 Å². The number of carbonyl (C=O) groups is 2. The Labute approximate surface area is 182 Å². The summed E-state index contributed by atoms with van der Waals surface area (Å²) in [5, 5.41) is 32.9. The van der Waals surface area contributed by atoms with E-state index in [9.17, 15) is 33.3 Å². The Morgan fingerprint density at radius 1 is 1.23 bits per heavy atom. The van der Waals surface area contributed by atoms with Crippen molar-refractivity contribution in [3.05, 3.63) is 11.6 Å². The molecule has 4 N–H and O–H groups in total. The second kappa shape index (κ2) is 7.18. The van der Waals surface area contributed by atoms with Gasteiger partial charge in [-0.1, -0.05) is 19.4 Å². The summed E-state index contributed by atoms with van der Waals surface area (Å²) < 4.78 is 31.3. The number of aliphatic hydroxyl groups is 3. The molecule has 0 spiro atoms. The molecule has 0 aromatic rings. The largest absolute Gasteiger partial charge is 0.393 e. The lowest BCUT2D eigenvalue weighted by Crippen LogP contribution is -2.63. The van der Waals surface area contributed by atoms with Crippen LogP contribution in [0.5, 0.6) is 0 Å². The highest BCUT2D eigenvalue weighted by atomic mass is 32.2. The van der Waals surface area contributed by atoms with E-state index in [1.807, 2.05) is 0 Å². The van der Waals surface area contributed by atoms with Gasteiger partial charge in [0.05, 0.1) is 6.10 Å². The van der Waals surface area contributed by atoms with Crippen LogP contribution < -0.4 is 0 Å². The molecule has 0 aliphatic heterocycles. The lowest BCUT2D eigenvalue weighted by molar-refractivity contribution is -0.185. The van der Waals surface area contributed by atoms with E-state index in [0.29, 0.717) is 19.3 Å². The van der Waals surface area contributed by atoms with Crippen LogP contribution in [0.15, 0.2) is 11.6 Å². The summed E-state index contributed by atoms with van der Waals surface area (Å²) in [6.45, 7) is 3.86. The number of ketones is 2. The molecule has 3 saturated carbocycles. The van der Waals surface area contributed by atoms with Crippen molar-refractivity contribution in [2.75, 3.05) is 5.75 Å². The van der Waals surface area contributed by atoms with Gasteiger partial charge in [-0.3, -0.25) is 14.1 Å². The average molecular weight is 457 g/mol. The Kier molecular flexibility index (Phi) is 5.34. The van der Waals surface area contributed by atoms with Gasteiger partial charge in [-0.15, -0.1) is 0 Å². The summed E-state index contributed by atoms with van der Waals surface area (Å²) in [6, 6.07) is 0. The molecular formula is C22H32O8S. The number of aliphatic hydroxyl groups excluding tert-OH is 2. The predicted octanol–water partition coefficient (Wildman–Crippen LogP) is 1.04. The van der Waals surface area contributed by atoms with Crippen LogP contribution in [0.3, 0.4) is 0 Å². The first-order valence-corrected chi connectivity index (χ1v) is 12.7. The lowest BCUT2D eigenvalue weighted by atomic mass is 9.45. The number of hydrogen-bond donors (Lipinski definition) is 4. The lowest BCUT2D eigenvalue weighted by Gasteiger charge is -2.60. The van der Waals surface area contributed by atoms with Crippen LogP contribution >= 0.6 is 0 Å². The average Bonchev–Trinajstić information content (AvgIpc) is 2.91. The zero-order valence-electron chi connectivity index (χ0n) is 18.0. The molecule has 8 nitrogen and oxygen atoms in total. The highest BCUT2D eigenvalue weighted by molar-refractivity contribution is 7.85. The van der Waals surface area contributed by atoms with Crippen LogP contribution in [0.25, 0.3) is 0 Å². The van der Waals surface area contributed by atoms with Crippen LogP contribution in [0.2, 0.25) is 0 Å². The predicted molar refractivity (Wildman–Crippen MR) is 110 cm³/mol. The summed E-state index contributed by atoms with van der Waals surface area (Å²) >= 11 is 0. The quantitative estimate of drug-likeness (QED) is 0.458. The Morgan fingerprint density at radius 3 is 2.55 bits per heavy atom. The van der Waals surface area contributed by atoms with E-state index < -0.39 is 44.9 Å². The highest BCUT2D eigenvalue weighted by Gasteiger charge is 2.68. The third kappa shape index (κ3) is 3.35. The fourth-order valence-corrected chi connectivity index (χ4v) is 8.20. The van der Waals surface area contributed by atoms with Crippen molar-refractivity contribution in [1.82, 2.24) is 0 Å². The minimum Gasteiger partial charge on any atom is -0.393 e. The van der Waals surface area contributed by atoms with Gasteiger partial charge in [-0.25, -0.2) is 0 Å². The molecule has 4 aliphatic carbocycles. The van der Waals surface area contributed by atoms with Crippen LogP contribution in [0, 0.1) is 28.6 Å². The molecule has 31 heavy (non-hydrogen) atoms. The molecule has 4 rings (SSSR count). The van der Waals surface area contributed by atoms with Crippen molar-refractivity contribution in [3.8, 4) is 0 Å². The third-order valence-corrected chi connectivity index (χ3v) is 9.86. The maximum atomic E-state index is 13.0. The third-order valence-electron chi connectivity index (χ3n) is 9.13. The summed E-state index contributed by atoms with van der Waals surface area (Å²) in [4.78, 5) is 25.0. The van der Waals surface area contributed by atoms with Crippen molar-refractivity contribution >= 4 is 21.7 Å². The van der Waals surface area contributed by atoms with Crippen molar-refractivity contribution in [2.45, 2.75) is 76.6 Å². The van der Waals surface area contributed by atoms with Gasteiger partial charge in [0.1, 0.15) is 17.5 Å². The molecular weight excluding hydrogens is 424 g/mol. The van der Waals surface area contributed by atoms with Gasteiger partial charge >= 0.3 is 0 Å². The number of carbonyl (C=O) groups excluding carboxylic acids is 2. The van der Waals surface area contributed by atoms with E-state index >= 15 is 0 Å². The molecule has 0 heterocycles. The molecule has 0 bridgehead atoms. The maximum Gasteiger partial charge on any atom is 0.267 e. The molecule has 8 atom stereocenters. The van der Waals surface area contributed by atoms with Crippen LogP contribution in [0.4, 0.5) is 0 Å². The first kappa shape index (κ1) is 23.0. The monoisotopic (exact) mass is 456 g/mol. The number of fused-ring (bicyclic) bond motifs is 5. The summed E-state index contributed by atoms with van der Waals surface area (Å²) in [5.74, 6) is -2.17. The van der Waals surface area contributed by atoms with E-state index in [1.54, 1.807) is 13.0 Å². The normalized spacial score (nSPS) is 45.9. The number of allylic oxidation sites excluding steroid dienone is 1. The molecule has 4 aliphatic rings. The van der Waals surface area contributed by atoms with Crippen molar-refractivity contribution in [1.29, 1.82) is 0 Å². The number of rotatable bonds is 4. The SMILES string of the molecule is C[C@]12CCC(=O)C=C1CC[C@@H]1[C@@H]2[C@@H](O)C[C@@]2(C)[C@H]1CC[C@]2(O)C(=O)C(O)CS(=O)(=O)O. The first-order chi connectivity index (χ1) is 14.2. The fraction of sp³-hybridized carbons (Fsp3) is 0.818.